The van der Waals surface area contributed by atoms with Gasteiger partial charge >= 0.3 is 0 Å². The van der Waals surface area contributed by atoms with Gasteiger partial charge in [-0.1, -0.05) is 0 Å². The molecule has 8 nitrogen and oxygen atoms in total. The summed E-state index contributed by atoms with van der Waals surface area (Å²) < 4.78 is 48.6. The van der Waals surface area contributed by atoms with E-state index in [-0.39, 0.29) is 24.1 Å². The van der Waals surface area contributed by atoms with Crippen LogP contribution in [-0.2, 0) is 19.9 Å². The Kier molecular flexibility index (Phi) is 9.54. The maximum Gasteiger partial charge on any atom is 0.215 e. The highest BCUT2D eigenvalue weighted by atomic mass is 32.2. The first-order chi connectivity index (χ1) is 11.6. The van der Waals surface area contributed by atoms with Crippen LogP contribution >= 0.6 is 11.8 Å². The van der Waals surface area contributed by atoms with Gasteiger partial charge in [0.1, 0.15) is 9.84 Å². The molecule has 1 aliphatic rings. The molecule has 0 spiro atoms. The van der Waals surface area contributed by atoms with Crippen molar-refractivity contribution in [2.24, 2.45) is 4.99 Å². The lowest BCUT2D eigenvalue weighted by molar-refractivity contribution is 0.444. The Hall–Kier alpha value is -0.520. The Morgan fingerprint density at radius 1 is 1.20 bits per heavy atom. The van der Waals surface area contributed by atoms with Gasteiger partial charge in [-0.25, -0.2) is 21.1 Å². The summed E-state index contributed by atoms with van der Waals surface area (Å²) >= 11 is 1.77. The molecule has 0 amide bonds. The van der Waals surface area contributed by atoms with Gasteiger partial charge in [-0.3, -0.25) is 4.99 Å². The molecule has 11 heteroatoms. The summed E-state index contributed by atoms with van der Waals surface area (Å²) in [5.74, 6) is 2.26. The van der Waals surface area contributed by atoms with Gasteiger partial charge in [0.25, 0.3) is 0 Å². The second-order valence-corrected chi connectivity index (χ2v) is 11.6. The van der Waals surface area contributed by atoms with Crippen molar-refractivity contribution in [3.63, 3.8) is 0 Å². The summed E-state index contributed by atoms with van der Waals surface area (Å²) in [5.41, 5.74) is 0. The Balaban J connectivity index is 2.53. The minimum atomic E-state index is -3.27. The summed E-state index contributed by atoms with van der Waals surface area (Å²) in [5, 5.41) is 6.17. The Labute approximate surface area is 156 Å². The van der Waals surface area contributed by atoms with Crippen LogP contribution in [0.3, 0.4) is 0 Å². The zero-order chi connectivity index (χ0) is 18.9. The van der Waals surface area contributed by atoms with Gasteiger partial charge in [0.05, 0.1) is 18.1 Å². The molecule has 0 radical (unpaired) electrons. The summed E-state index contributed by atoms with van der Waals surface area (Å²) in [6.07, 6.45) is 1.68. The van der Waals surface area contributed by atoms with Gasteiger partial charge in [-0.05, 0) is 20.3 Å². The molecule has 1 aliphatic heterocycles. The first-order valence-corrected chi connectivity index (χ1v) is 13.2. The molecule has 1 atom stereocenters. The van der Waals surface area contributed by atoms with E-state index in [0.717, 1.165) is 11.5 Å². The van der Waals surface area contributed by atoms with Gasteiger partial charge in [0, 0.05) is 43.4 Å². The maximum atomic E-state index is 12.3. The quantitative estimate of drug-likeness (QED) is 0.395. The van der Waals surface area contributed by atoms with Crippen LogP contribution in [0.2, 0.25) is 0 Å². The van der Waals surface area contributed by atoms with Crippen molar-refractivity contribution in [3.05, 3.63) is 0 Å². The predicted octanol–water partition coefficient (Wildman–Crippen LogP) is -0.257. The number of thioether (sulfide) groups is 1. The number of guanidine groups is 1. The molecular weight excluding hydrogens is 384 g/mol. The molecule has 0 aromatic carbocycles. The second-order valence-electron chi connectivity index (χ2n) is 6.05. The third-order valence-corrected chi connectivity index (χ3v) is 7.40. The maximum absolute atomic E-state index is 12.3. The van der Waals surface area contributed by atoms with Gasteiger partial charge in [-0.2, -0.15) is 11.8 Å². The molecule has 25 heavy (non-hydrogen) atoms. The third-order valence-electron chi connectivity index (χ3n) is 3.63. The van der Waals surface area contributed by atoms with E-state index in [9.17, 15) is 16.8 Å². The zero-order valence-electron chi connectivity index (χ0n) is 15.2. The van der Waals surface area contributed by atoms with Crippen LogP contribution in [0.25, 0.3) is 0 Å². The highest BCUT2D eigenvalue weighted by molar-refractivity contribution is 7.99. The van der Waals surface area contributed by atoms with Gasteiger partial charge in [0.15, 0.2) is 5.96 Å². The van der Waals surface area contributed by atoms with Crippen LogP contribution in [0.1, 0.15) is 20.3 Å². The number of sulfone groups is 1. The minimum Gasteiger partial charge on any atom is -0.357 e. The van der Waals surface area contributed by atoms with Crippen LogP contribution in [0.5, 0.6) is 0 Å². The first-order valence-electron chi connectivity index (χ1n) is 8.42. The highest BCUT2D eigenvalue weighted by Crippen LogP contribution is 2.13. The molecule has 1 rings (SSSR count). The molecule has 148 valence electrons. The lowest BCUT2D eigenvalue weighted by Crippen LogP contribution is -2.43. The van der Waals surface area contributed by atoms with Crippen LogP contribution in [0.4, 0.5) is 0 Å². The first kappa shape index (κ1) is 22.5. The predicted molar refractivity (Wildman–Crippen MR) is 106 cm³/mol. The molecule has 0 aliphatic carbocycles. The smallest absolute Gasteiger partial charge is 0.215 e. The number of aliphatic imine (C=N–C) groups is 1. The fraction of sp³-hybridized carbons (Fsp3) is 0.929. The van der Waals surface area contributed by atoms with Crippen molar-refractivity contribution in [2.75, 3.05) is 55.4 Å². The SMILES string of the molecule is CCNC(=NCCS(=O)(=O)N1CCSCC1)NC(C)CCS(C)(=O)=O. The number of nitrogens with zero attached hydrogens (tertiary/aromatic N) is 2. The number of hydrogen-bond donors (Lipinski definition) is 2. The molecule has 0 bridgehead atoms. The van der Waals surface area contributed by atoms with Crippen molar-refractivity contribution >= 4 is 37.6 Å². The van der Waals surface area contributed by atoms with E-state index < -0.39 is 19.9 Å². The standard InChI is InChI=1S/C14H30N4O4S3/c1-4-15-14(17-13(2)5-11-24(3,19)20)16-6-12-25(21,22)18-7-9-23-10-8-18/h13H,4-12H2,1-3H3,(H2,15,16,17). The largest absolute Gasteiger partial charge is 0.357 e. The van der Waals surface area contributed by atoms with Crippen molar-refractivity contribution in [1.29, 1.82) is 0 Å². The van der Waals surface area contributed by atoms with Crippen molar-refractivity contribution in [1.82, 2.24) is 14.9 Å². The molecular formula is C14H30N4O4S3. The number of hydrogen-bond acceptors (Lipinski definition) is 6. The molecule has 1 saturated heterocycles. The van der Waals surface area contributed by atoms with Crippen LogP contribution in [-0.4, -0.2) is 88.6 Å². The number of sulfonamides is 1. The van der Waals surface area contributed by atoms with Crippen molar-refractivity contribution in [2.45, 2.75) is 26.3 Å². The van der Waals surface area contributed by atoms with E-state index >= 15 is 0 Å². The molecule has 1 unspecified atom stereocenters. The Bertz CT molecular complexity index is 628. The van der Waals surface area contributed by atoms with E-state index in [1.54, 1.807) is 11.8 Å². The monoisotopic (exact) mass is 414 g/mol. The molecule has 0 saturated carbocycles. The fourth-order valence-electron chi connectivity index (χ4n) is 2.24. The lowest BCUT2D eigenvalue weighted by atomic mass is 10.3. The molecule has 0 aromatic heterocycles. The molecule has 1 fully saturated rings. The summed E-state index contributed by atoms with van der Waals surface area (Å²) in [4.78, 5) is 4.31. The highest BCUT2D eigenvalue weighted by Gasteiger charge is 2.23. The lowest BCUT2D eigenvalue weighted by Gasteiger charge is -2.25. The molecule has 2 N–H and O–H groups in total. The van der Waals surface area contributed by atoms with Crippen LogP contribution in [0, 0.1) is 0 Å². The van der Waals surface area contributed by atoms with Gasteiger partial charge in [0.2, 0.25) is 10.0 Å². The minimum absolute atomic E-state index is 0.0219. The summed E-state index contributed by atoms with van der Waals surface area (Å²) in [6, 6.07) is -0.0803. The van der Waals surface area contributed by atoms with Gasteiger partial charge in [-0.15, -0.1) is 0 Å². The average molecular weight is 415 g/mol. The topological polar surface area (TPSA) is 108 Å². The number of rotatable bonds is 9. The van der Waals surface area contributed by atoms with E-state index in [1.165, 1.54) is 10.6 Å². The van der Waals surface area contributed by atoms with E-state index in [4.69, 9.17) is 0 Å². The van der Waals surface area contributed by atoms with E-state index in [0.29, 0.717) is 32.0 Å². The van der Waals surface area contributed by atoms with E-state index in [1.807, 2.05) is 13.8 Å². The average Bonchev–Trinajstić information content (AvgIpc) is 2.53. The third kappa shape index (κ3) is 9.66. The number of nitrogens with one attached hydrogen (secondary N) is 2. The van der Waals surface area contributed by atoms with Crippen LogP contribution in [0.15, 0.2) is 4.99 Å². The normalized spacial score (nSPS) is 18.8. The fourth-order valence-corrected chi connectivity index (χ4v) is 5.48. The Morgan fingerprint density at radius 3 is 2.40 bits per heavy atom. The Morgan fingerprint density at radius 2 is 1.84 bits per heavy atom. The molecule has 0 aromatic rings. The van der Waals surface area contributed by atoms with Crippen molar-refractivity contribution < 1.29 is 16.8 Å². The summed E-state index contributed by atoms with van der Waals surface area (Å²) in [6.45, 7) is 5.73. The second kappa shape index (κ2) is 10.6. The zero-order valence-corrected chi connectivity index (χ0v) is 17.6. The molecule has 1 heterocycles. The van der Waals surface area contributed by atoms with Crippen molar-refractivity contribution in [3.8, 4) is 0 Å². The van der Waals surface area contributed by atoms with Gasteiger partial charge < -0.3 is 10.6 Å². The van der Waals surface area contributed by atoms with Crippen LogP contribution < -0.4 is 10.6 Å². The summed E-state index contributed by atoms with van der Waals surface area (Å²) in [7, 11) is -6.28. The van der Waals surface area contributed by atoms with E-state index in [2.05, 4.69) is 15.6 Å².